The van der Waals surface area contributed by atoms with Gasteiger partial charge in [0.05, 0.1) is 36.6 Å². The molecule has 0 unspecified atom stereocenters. The molecule has 0 aliphatic carbocycles. The van der Waals surface area contributed by atoms with Crippen molar-refractivity contribution in [3.05, 3.63) is 51.8 Å². The van der Waals surface area contributed by atoms with Gasteiger partial charge in [0.2, 0.25) is 0 Å². The number of nitrogens with zero attached hydrogens (tertiary/aromatic N) is 2. The monoisotopic (exact) mass is 420 g/mol. The van der Waals surface area contributed by atoms with Crippen LogP contribution in [0.1, 0.15) is 10.4 Å². The Morgan fingerprint density at radius 2 is 1.86 bits per heavy atom. The minimum absolute atomic E-state index is 0.113. The smallest absolute Gasteiger partial charge is 0.325 e. The summed E-state index contributed by atoms with van der Waals surface area (Å²) < 4.78 is 17.5. The highest BCUT2D eigenvalue weighted by molar-refractivity contribution is 7.16. The standard InChI is InChI=1S/C19H17ClN2O5S/c1-25-13-8-7-11(9-14(13)26-2)18(24)21-19-22(10-16(23)27-3)17-12(20)5-4-6-15(17)28-19/h4-9H,10H2,1-3H3. The number of thiazole rings is 1. The Bertz CT molecular complexity index is 1120. The molecule has 0 N–H and O–H groups in total. The lowest BCUT2D eigenvalue weighted by atomic mass is 10.2. The minimum atomic E-state index is -0.484. The van der Waals surface area contributed by atoms with Crippen LogP contribution in [0.3, 0.4) is 0 Å². The fraction of sp³-hybridized carbons (Fsp3) is 0.211. The van der Waals surface area contributed by atoms with Gasteiger partial charge in [-0.25, -0.2) is 0 Å². The van der Waals surface area contributed by atoms with E-state index in [0.29, 0.717) is 32.4 Å². The van der Waals surface area contributed by atoms with Gasteiger partial charge in [0.15, 0.2) is 16.3 Å². The summed E-state index contributed by atoms with van der Waals surface area (Å²) in [5.74, 6) is -0.0271. The summed E-state index contributed by atoms with van der Waals surface area (Å²) in [5, 5.41) is 0.456. The highest BCUT2D eigenvalue weighted by Crippen LogP contribution is 2.28. The molecule has 0 spiro atoms. The number of carbonyl (C=O) groups excluding carboxylic acids is 2. The van der Waals surface area contributed by atoms with Crippen molar-refractivity contribution in [1.29, 1.82) is 0 Å². The van der Waals surface area contributed by atoms with E-state index < -0.39 is 11.9 Å². The number of hydrogen-bond donors (Lipinski definition) is 0. The molecule has 0 aliphatic heterocycles. The van der Waals surface area contributed by atoms with E-state index in [1.165, 1.54) is 32.7 Å². The number of rotatable bonds is 5. The van der Waals surface area contributed by atoms with Crippen LogP contribution in [0.25, 0.3) is 10.2 Å². The Hall–Kier alpha value is -2.84. The Balaban J connectivity index is 2.13. The number of carbonyl (C=O) groups is 2. The maximum absolute atomic E-state index is 12.7. The molecule has 1 aromatic heterocycles. The van der Waals surface area contributed by atoms with E-state index in [0.717, 1.165) is 4.70 Å². The quantitative estimate of drug-likeness (QED) is 0.592. The van der Waals surface area contributed by atoms with Crippen LogP contribution >= 0.6 is 22.9 Å². The average Bonchev–Trinajstić information content (AvgIpc) is 3.05. The number of aromatic nitrogens is 1. The van der Waals surface area contributed by atoms with Crippen LogP contribution in [0.2, 0.25) is 5.02 Å². The first kappa shape index (κ1) is 19.9. The Kier molecular flexibility index (Phi) is 6.01. The maximum Gasteiger partial charge on any atom is 0.325 e. The van der Waals surface area contributed by atoms with Crippen molar-refractivity contribution >= 4 is 45.0 Å². The van der Waals surface area contributed by atoms with E-state index in [9.17, 15) is 9.59 Å². The predicted octanol–water partition coefficient (Wildman–Crippen LogP) is 3.29. The van der Waals surface area contributed by atoms with Crippen molar-refractivity contribution in [2.75, 3.05) is 21.3 Å². The van der Waals surface area contributed by atoms with Crippen LogP contribution in [-0.2, 0) is 16.1 Å². The van der Waals surface area contributed by atoms with Crippen molar-refractivity contribution < 1.29 is 23.8 Å². The highest BCUT2D eigenvalue weighted by Gasteiger charge is 2.15. The topological polar surface area (TPSA) is 79.1 Å². The van der Waals surface area contributed by atoms with Crippen LogP contribution in [0.4, 0.5) is 0 Å². The molecule has 0 aliphatic rings. The van der Waals surface area contributed by atoms with Crippen molar-refractivity contribution in [2.45, 2.75) is 6.54 Å². The van der Waals surface area contributed by atoms with Gasteiger partial charge >= 0.3 is 5.97 Å². The summed E-state index contributed by atoms with van der Waals surface area (Å²) in [7, 11) is 4.30. The summed E-state index contributed by atoms with van der Waals surface area (Å²) in [6, 6.07) is 10.1. The molecule has 2 aromatic carbocycles. The zero-order chi connectivity index (χ0) is 20.3. The molecule has 0 saturated carbocycles. The molecule has 1 amide bonds. The number of hydrogen-bond acceptors (Lipinski definition) is 6. The summed E-state index contributed by atoms with van der Waals surface area (Å²) in [4.78, 5) is 29.1. The number of halogens is 1. The van der Waals surface area contributed by atoms with E-state index >= 15 is 0 Å². The van der Waals surface area contributed by atoms with E-state index in [-0.39, 0.29) is 6.54 Å². The third kappa shape index (κ3) is 3.88. The molecule has 3 rings (SSSR count). The second-order valence-corrected chi connectivity index (χ2v) is 7.04. The van der Waals surface area contributed by atoms with Gasteiger partial charge in [-0.2, -0.15) is 4.99 Å². The largest absolute Gasteiger partial charge is 0.493 e. The Morgan fingerprint density at radius 3 is 2.54 bits per heavy atom. The number of methoxy groups -OCH3 is 3. The second-order valence-electron chi connectivity index (χ2n) is 5.62. The first-order chi connectivity index (χ1) is 13.5. The lowest BCUT2D eigenvalue weighted by molar-refractivity contribution is -0.141. The number of benzene rings is 2. The van der Waals surface area contributed by atoms with Gasteiger partial charge in [-0.1, -0.05) is 29.0 Å². The third-order valence-corrected chi connectivity index (χ3v) is 5.34. The molecule has 1 heterocycles. The molecular formula is C19H17ClN2O5S. The molecule has 7 nitrogen and oxygen atoms in total. The molecule has 9 heteroatoms. The zero-order valence-corrected chi connectivity index (χ0v) is 17.0. The molecule has 0 radical (unpaired) electrons. The Morgan fingerprint density at radius 1 is 1.11 bits per heavy atom. The van der Waals surface area contributed by atoms with Gasteiger partial charge in [0.25, 0.3) is 5.91 Å². The average molecular weight is 421 g/mol. The van der Waals surface area contributed by atoms with E-state index in [1.54, 1.807) is 34.9 Å². The van der Waals surface area contributed by atoms with Crippen LogP contribution in [0.5, 0.6) is 11.5 Å². The fourth-order valence-corrected chi connectivity index (χ4v) is 4.02. The Labute approximate surface area is 169 Å². The number of fused-ring (bicyclic) bond motifs is 1. The molecule has 0 bridgehead atoms. The summed E-state index contributed by atoms with van der Waals surface area (Å²) in [5.41, 5.74) is 0.948. The molecule has 3 aromatic rings. The minimum Gasteiger partial charge on any atom is -0.493 e. The van der Waals surface area contributed by atoms with Gasteiger partial charge in [-0.3, -0.25) is 9.59 Å². The van der Waals surface area contributed by atoms with Crippen LogP contribution in [-0.4, -0.2) is 37.8 Å². The molecule has 0 saturated heterocycles. The lowest BCUT2D eigenvalue weighted by Gasteiger charge is -2.08. The summed E-state index contributed by atoms with van der Waals surface area (Å²) in [6.07, 6.45) is 0. The maximum atomic E-state index is 12.7. The van der Waals surface area contributed by atoms with E-state index in [4.69, 9.17) is 25.8 Å². The second kappa shape index (κ2) is 8.45. The van der Waals surface area contributed by atoms with Gasteiger partial charge < -0.3 is 18.8 Å². The van der Waals surface area contributed by atoms with Gasteiger partial charge in [-0.05, 0) is 30.3 Å². The van der Waals surface area contributed by atoms with Crippen molar-refractivity contribution in [2.24, 2.45) is 4.99 Å². The van der Waals surface area contributed by atoms with Crippen LogP contribution in [0.15, 0.2) is 41.4 Å². The SMILES string of the molecule is COC(=O)Cn1c(=NC(=O)c2ccc(OC)c(OC)c2)sc2cccc(Cl)c21. The molecule has 0 fully saturated rings. The van der Waals surface area contributed by atoms with Crippen molar-refractivity contribution in [1.82, 2.24) is 4.57 Å². The molecule has 146 valence electrons. The van der Waals surface area contributed by atoms with E-state index in [1.807, 2.05) is 6.07 Å². The molecular weight excluding hydrogens is 404 g/mol. The van der Waals surface area contributed by atoms with Crippen LogP contribution < -0.4 is 14.3 Å². The number of ether oxygens (including phenoxy) is 3. The lowest BCUT2D eigenvalue weighted by Crippen LogP contribution is -2.22. The van der Waals surface area contributed by atoms with Crippen molar-refractivity contribution in [3.8, 4) is 11.5 Å². The predicted molar refractivity (Wildman–Crippen MR) is 106 cm³/mol. The summed E-state index contributed by atoms with van der Waals surface area (Å²) in [6.45, 7) is -0.113. The number of esters is 1. The van der Waals surface area contributed by atoms with Gasteiger partial charge in [-0.15, -0.1) is 0 Å². The molecule has 28 heavy (non-hydrogen) atoms. The number of para-hydroxylation sites is 1. The zero-order valence-electron chi connectivity index (χ0n) is 15.4. The van der Waals surface area contributed by atoms with E-state index in [2.05, 4.69) is 4.99 Å². The van der Waals surface area contributed by atoms with Gasteiger partial charge in [0, 0.05) is 5.56 Å². The molecule has 0 atom stereocenters. The first-order valence-electron chi connectivity index (χ1n) is 8.14. The van der Waals surface area contributed by atoms with Crippen LogP contribution in [0, 0.1) is 0 Å². The first-order valence-corrected chi connectivity index (χ1v) is 9.33. The highest BCUT2D eigenvalue weighted by atomic mass is 35.5. The summed E-state index contributed by atoms with van der Waals surface area (Å²) >= 11 is 7.56. The van der Waals surface area contributed by atoms with Crippen molar-refractivity contribution in [3.63, 3.8) is 0 Å². The number of amides is 1. The van der Waals surface area contributed by atoms with Gasteiger partial charge in [0.1, 0.15) is 6.54 Å². The normalized spacial score (nSPS) is 11.5. The third-order valence-electron chi connectivity index (χ3n) is 3.99. The fourth-order valence-electron chi connectivity index (χ4n) is 2.63.